The van der Waals surface area contributed by atoms with Crippen LogP contribution in [0.25, 0.3) is 0 Å². The zero-order valence-corrected chi connectivity index (χ0v) is 21.4. The van der Waals surface area contributed by atoms with E-state index in [0.717, 1.165) is 0 Å². The first-order valence-corrected chi connectivity index (χ1v) is 13.2. The number of carbonyl (C=O) groups is 2. The standard InChI is InChI=1S/C25H29NO5SSi/c1-15(27)18-21(28)26-19(22(29)30)20(32-25(18,26)33-23(2,3)4)24(31,16-11-7-5-8-12-16)17-13-9-6-10-14-17/h5-15,18,27,31H,33H2,1-4H3,(H,29,30)/t15-,18+,25+/m1/s1. The number of nitrogens with zero attached hydrogens (tertiary/aromatic N) is 1. The zero-order valence-electron chi connectivity index (χ0n) is 19.1. The summed E-state index contributed by atoms with van der Waals surface area (Å²) in [6, 6.07) is 17.9. The van der Waals surface area contributed by atoms with E-state index in [4.69, 9.17) is 0 Å². The zero-order chi connectivity index (χ0) is 24.2. The molecular formula is C25H29NO5SSi. The van der Waals surface area contributed by atoms with Crippen LogP contribution in [0.5, 0.6) is 0 Å². The van der Waals surface area contributed by atoms with Gasteiger partial charge in [0.1, 0.15) is 11.3 Å². The number of rotatable bonds is 6. The summed E-state index contributed by atoms with van der Waals surface area (Å²) in [5, 5.41) is 33.0. The number of aliphatic hydroxyl groups excluding tert-OH is 1. The second-order valence-electron chi connectivity index (χ2n) is 10.0. The Bertz CT molecular complexity index is 1070. The monoisotopic (exact) mass is 483 g/mol. The number of amides is 1. The number of hydrogen-bond acceptors (Lipinski definition) is 5. The molecule has 2 aliphatic rings. The fourth-order valence-corrected chi connectivity index (χ4v) is 11.6. The molecule has 2 aromatic carbocycles. The lowest BCUT2D eigenvalue weighted by molar-refractivity contribution is -0.160. The summed E-state index contributed by atoms with van der Waals surface area (Å²) in [5.74, 6) is -2.37. The average Bonchev–Trinajstić information content (AvgIpc) is 3.03. The molecule has 1 amide bonds. The quantitative estimate of drug-likeness (QED) is 0.432. The van der Waals surface area contributed by atoms with Gasteiger partial charge >= 0.3 is 5.97 Å². The third kappa shape index (κ3) is 3.65. The third-order valence-corrected chi connectivity index (χ3v) is 10.9. The van der Waals surface area contributed by atoms with E-state index in [9.17, 15) is 24.9 Å². The molecule has 0 radical (unpaired) electrons. The van der Waals surface area contributed by atoms with Crippen LogP contribution in [0.3, 0.4) is 0 Å². The van der Waals surface area contributed by atoms with Gasteiger partial charge in [-0.15, -0.1) is 0 Å². The molecular weight excluding hydrogens is 454 g/mol. The van der Waals surface area contributed by atoms with E-state index in [1.165, 1.54) is 16.7 Å². The Balaban J connectivity index is 1.99. The van der Waals surface area contributed by atoms with Gasteiger partial charge in [-0.1, -0.05) is 93.2 Å². The van der Waals surface area contributed by atoms with Gasteiger partial charge in [-0.05, 0) is 23.1 Å². The number of aliphatic hydroxyl groups is 2. The Morgan fingerprint density at radius 2 is 1.55 bits per heavy atom. The van der Waals surface area contributed by atoms with Crippen LogP contribution in [0, 0.1) is 5.92 Å². The van der Waals surface area contributed by atoms with Crippen molar-refractivity contribution in [1.82, 2.24) is 4.90 Å². The number of thioether (sulfide) groups is 1. The number of carboxylic acids is 1. The van der Waals surface area contributed by atoms with Crippen molar-refractivity contribution in [2.45, 2.75) is 48.9 Å². The van der Waals surface area contributed by atoms with E-state index < -0.39 is 43.5 Å². The highest BCUT2D eigenvalue weighted by Gasteiger charge is 2.70. The van der Waals surface area contributed by atoms with Gasteiger partial charge in [-0.3, -0.25) is 9.69 Å². The van der Waals surface area contributed by atoms with Crippen LogP contribution >= 0.6 is 11.8 Å². The van der Waals surface area contributed by atoms with E-state index in [1.807, 2.05) is 12.1 Å². The lowest BCUT2D eigenvalue weighted by atomic mass is 9.84. The van der Waals surface area contributed by atoms with Gasteiger partial charge in [0.25, 0.3) is 0 Å². The molecule has 6 nitrogen and oxygen atoms in total. The molecule has 0 aliphatic carbocycles. The normalized spacial score (nSPS) is 24.2. The Kier molecular flexibility index (Phi) is 5.85. The smallest absolute Gasteiger partial charge is 0.353 e. The highest BCUT2D eigenvalue weighted by atomic mass is 32.2. The lowest BCUT2D eigenvalue weighted by Crippen LogP contribution is -2.73. The molecule has 0 saturated carbocycles. The molecule has 0 aromatic heterocycles. The van der Waals surface area contributed by atoms with Crippen LogP contribution in [0.4, 0.5) is 0 Å². The van der Waals surface area contributed by atoms with Crippen LogP contribution in [-0.4, -0.2) is 52.2 Å². The minimum Gasteiger partial charge on any atom is -0.477 e. The summed E-state index contributed by atoms with van der Waals surface area (Å²) < 4.78 is -0.857. The molecule has 3 N–H and O–H groups in total. The summed E-state index contributed by atoms with van der Waals surface area (Å²) in [7, 11) is -1.17. The summed E-state index contributed by atoms with van der Waals surface area (Å²) in [6.07, 6.45) is -0.924. The number of hydrogen-bond donors (Lipinski definition) is 3. The van der Waals surface area contributed by atoms with Crippen molar-refractivity contribution < 1.29 is 24.9 Å². The predicted octanol–water partition coefficient (Wildman–Crippen LogP) is 2.85. The number of carboxylic acid groups (broad SMARTS) is 1. The number of benzene rings is 2. The van der Waals surface area contributed by atoms with E-state index in [-0.39, 0.29) is 15.6 Å². The second kappa shape index (κ2) is 8.13. The molecule has 2 aromatic rings. The van der Waals surface area contributed by atoms with E-state index >= 15 is 0 Å². The van der Waals surface area contributed by atoms with E-state index in [2.05, 4.69) is 20.8 Å². The first-order valence-electron chi connectivity index (χ1n) is 11.0. The molecule has 3 atom stereocenters. The maximum Gasteiger partial charge on any atom is 0.353 e. The molecule has 0 unspecified atom stereocenters. The van der Waals surface area contributed by atoms with Gasteiger partial charge in [0.15, 0.2) is 0 Å². The number of β-lactam (4-membered cyclic amide) rings is 1. The average molecular weight is 484 g/mol. The third-order valence-electron chi connectivity index (χ3n) is 6.25. The van der Waals surface area contributed by atoms with Crippen LogP contribution in [0.15, 0.2) is 71.3 Å². The largest absolute Gasteiger partial charge is 0.477 e. The van der Waals surface area contributed by atoms with Crippen molar-refractivity contribution in [1.29, 1.82) is 0 Å². The van der Waals surface area contributed by atoms with Gasteiger partial charge in [0, 0.05) is 0 Å². The molecule has 174 valence electrons. The highest BCUT2D eigenvalue weighted by molar-refractivity contribution is 8.06. The van der Waals surface area contributed by atoms with Crippen molar-refractivity contribution in [3.05, 3.63) is 82.4 Å². The maximum atomic E-state index is 13.2. The topological polar surface area (TPSA) is 98.1 Å². The summed E-state index contributed by atoms with van der Waals surface area (Å²) in [5.41, 5.74) is -0.905. The van der Waals surface area contributed by atoms with E-state index in [0.29, 0.717) is 11.1 Å². The molecule has 0 spiro atoms. The van der Waals surface area contributed by atoms with Gasteiger partial charge < -0.3 is 15.3 Å². The molecule has 1 fully saturated rings. The number of fused-ring (bicyclic) bond motifs is 1. The summed E-state index contributed by atoms with van der Waals surface area (Å²) in [6.45, 7) is 7.81. The van der Waals surface area contributed by atoms with Crippen molar-refractivity contribution in [2.24, 2.45) is 5.92 Å². The van der Waals surface area contributed by atoms with Gasteiger partial charge in [-0.25, -0.2) is 4.79 Å². The van der Waals surface area contributed by atoms with Crippen molar-refractivity contribution in [3.63, 3.8) is 0 Å². The number of aliphatic carboxylic acids is 1. The molecule has 4 rings (SSSR count). The first-order chi connectivity index (χ1) is 15.4. The second-order valence-corrected chi connectivity index (χ2v) is 15.4. The fraction of sp³-hybridized carbons (Fsp3) is 0.360. The Hall–Kier alpha value is -2.39. The maximum absolute atomic E-state index is 13.2. The minimum absolute atomic E-state index is 0.129. The molecule has 2 aliphatic heterocycles. The van der Waals surface area contributed by atoms with Gasteiger partial charge in [-0.2, -0.15) is 0 Å². The Morgan fingerprint density at radius 1 is 1.06 bits per heavy atom. The summed E-state index contributed by atoms with van der Waals surface area (Å²) >= 11 is 1.26. The lowest BCUT2D eigenvalue weighted by Gasteiger charge is -2.56. The van der Waals surface area contributed by atoms with Crippen molar-refractivity contribution >= 4 is 33.2 Å². The molecule has 0 bridgehead atoms. The van der Waals surface area contributed by atoms with Crippen LogP contribution in [0.2, 0.25) is 5.04 Å². The molecule has 1 saturated heterocycles. The molecule has 33 heavy (non-hydrogen) atoms. The van der Waals surface area contributed by atoms with Gasteiger partial charge in [0.05, 0.1) is 30.9 Å². The van der Waals surface area contributed by atoms with Crippen LogP contribution < -0.4 is 0 Å². The Labute approximate surface area is 200 Å². The molecule has 2 heterocycles. The highest BCUT2D eigenvalue weighted by Crippen LogP contribution is 2.64. The van der Waals surface area contributed by atoms with E-state index in [1.54, 1.807) is 55.5 Å². The minimum atomic E-state index is -1.76. The first kappa shape index (κ1) is 23.8. The van der Waals surface area contributed by atoms with Crippen LogP contribution in [-0.2, 0) is 15.2 Å². The van der Waals surface area contributed by atoms with Crippen molar-refractivity contribution in [2.75, 3.05) is 0 Å². The SMILES string of the molecule is C[C@@H](O)[C@H]1C(=O)N2C(C(=O)O)=C(C(O)(c3ccccc3)c3ccccc3)S[C@]12[SiH2]C(C)(C)C. The molecule has 8 heteroatoms. The van der Waals surface area contributed by atoms with Crippen molar-refractivity contribution in [3.8, 4) is 0 Å². The Morgan fingerprint density at radius 3 is 1.94 bits per heavy atom. The fourth-order valence-electron chi connectivity index (χ4n) is 5.12. The number of carbonyl (C=O) groups excluding carboxylic acids is 1. The van der Waals surface area contributed by atoms with Crippen LogP contribution in [0.1, 0.15) is 38.8 Å². The predicted molar refractivity (Wildman–Crippen MR) is 131 cm³/mol. The van der Waals surface area contributed by atoms with Gasteiger partial charge in [0.2, 0.25) is 5.91 Å². The summed E-state index contributed by atoms with van der Waals surface area (Å²) in [4.78, 5) is 27.4.